The quantitative estimate of drug-likeness (QED) is 0.685. The van der Waals surface area contributed by atoms with Crippen molar-refractivity contribution in [3.63, 3.8) is 0 Å². The van der Waals surface area contributed by atoms with Crippen LogP contribution in [0, 0.1) is 5.41 Å². The Hall–Kier alpha value is -0.570. The highest BCUT2D eigenvalue weighted by Crippen LogP contribution is 2.34. The highest BCUT2D eigenvalue weighted by Gasteiger charge is 2.25. The van der Waals surface area contributed by atoms with Crippen molar-refractivity contribution in [1.82, 2.24) is 5.32 Å². The predicted octanol–water partition coefficient (Wildman–Crippen LogP) is 1.03. The Kier molecular flexibility index (Phi) is 3.72. The summed E-state index contributed by atoms with van der Waals surface area (Å²) in [7, 11) is 0. The van der Waals surface area contributed by atoms with Gasteiger partial charge in [-0.3, -0.25) is 4.79 Å². The van der Waals surface area contributed by atoms with Crippen LogP contribution in [-0.4, -0.2) is 19.0 Å². The van der Waals surface area contributed by atoms with Gasteiger partial charge in [0, 0.05) is 6.54 Å². The Balaban J connectivity index is 2.21. The number of hydrogen-bond donors (Lipinski definition) is 2. The Bertz CT molecular complexity index is 174. The van der Waals surface area contributed by atoms with Gasteiger partial charge in [-0.25, -0.2) is 0 Å². The van der Waals surface area contributed by atoms with Gasteiger partial charge in [0.25, 0.3) is 0 Å². The van der Waals surface area contributed by atoms with Gasteiger partial charge in [-0.2, -0.15) is 0 Å². The molecule has 0 unspecified atom stereocenters. The number of nitrogens with one attached hydrogen (secondary N) is 1. The van der Waals surface area contributed by atoms with Gasteiger partial charge in [0.2, 0.25) is 5.91 Å². The van der Waals surface area contributed by atoms with Crippen molar-refractivity contribution in [1.29, 1.82) is 0 Å². The van der Waals surface area contributed by atoms with Crippen LogP contribution in [0.1, 0.15) is 39.0 Å². The molecule has 0 aromatic carbocycles. The molecule has 1 fully saturated rings. The lowest BCUT2D eigenvalue weighted by Crippen LogP contribution is -2.38. The van der Waals surface area contributed by atoms with Gasteiger partial charge in [0.1, 0.15) is 0 Å². The van der Waals surface area contributed by atoms with E-state index in [0.29, 0.717) is 12.0 Å². The summed E-state index contributed by atoms with van der Waals surface area (Å²) in [6.07, 6.45) is 6.58. The fourth-order valence-electron chi connectivity index (χ4n) is 2.07. The first-order chi connectivity index (χ1) is 6.12. The number of carbonyl (C=O) groups excluding carboxylic acids is 1. The van der Waals surface area contributed by atoms with E-state index in [-0.39, 0.29) is 5.91 Å². The minimum Gasteiger partial charge on any atom is -0.369 e. The van der Waals surface area contributed by atoms with Gasteiger partial charge in [-0.15, -0.1) is 0 Å². The summed E-state index contributed by atoms with van der Waals surface area (Å²) < 4.78 is 0. The zero-order valence-corrected chi connectivity index (χ0v) is 8.44. The number of nitrogens with two attached hydrogens (primary N) is 1. The lowest BCUT2D eigenvalue weighted by atomic mass is 9.76. The summed E-state index contributed by atoms with van der Waals surface area (Å²) in [6, 6.07) is 0. The molecule has 1 aliphatic carbocycles. The van der Waals surface area contributed by atoms with Gasteiger partial charge in [0.15, 0.2) is 0 Å². The molecular weight excluding hydrogens is 164 g/mol. The molecule has 3 N–H and O–H groups in total. The molecule has 0 heterocycles. The number of hydrogen-bond acceptors (Lipinski definition) is 2. The van der Waals surface area contributed by atoms with Gasteiger partial charge >= 0.3 is 0 Å². The summed E-state index contributed by atoms with van der Waals surface area (Å²) in [4.78, 5) is 10.5. The zero-order chi connectivity index (χ0) is 9.73. The maximum atomic E-state index is 10.5. The van der Waals surface area contributed by atoms with Crippen LogP contribution in [-0.2, 0) is 4.79 Å². The second-order valence-electron chi connectivity index (χ2n) is 4.44. The van der Waals surface area contributed by atoms with Gasteiger partial charge in [-0.05, 0) is 18.3 Å². The third-order valence-electron chi connectivity index (χ3n) is 2.91. The normalized spacial score (nSPS) is 21.3. The summed E-state index contributed by atoms with van der Waals surface area (Å²) >= 11 is 0. The van der Waals surface area contributed by atoms with E-state index in [1.165, 1.54) is 32.1 Å². The molecule has 0 spiro atoms. The van der Waals surface area contributed by atoms with Crippen LogP contribution in [0.15, 0.2) is 0 Å². The van der Waals surface area contributed by atoms with E-state index in [1.54, 1.807) is 0 Å². The monoisotopic (exact) mass is 184 g/mol. The Labute approximate surface area is 80.1 Å². The second kappa shape index (κ2) is 4.61. The largest absolute Gasteiger partial charge is 0.369 e. The van der Waals surface area contributed by atoms with E-state index in [2.05, 4.69) is 12.2 Å². The van der Waals surface area contributed by atoms with E-state index >= 15 is 0 Å². The maximum absolute atomic E-state index is 10.5. The average Bonchev–Trinajstić information content (AvgIpc) is 2.04. The summed E-state index contributed by atoms with van der Waals surface area (Å²) in [6.45, 7) is 3.53. The summed E-state index contributed by atoms with van der Waals surface area (Å²) in [5, 5.41) is 3.12. The van der Waals surface area contributed by atoms with Crippen LogP contribution >= 0.6 is 0 Å². The second-order valence-corrected chi connectivity index (χ2v) is 4.44. The van der Waals surface area contributed by atoms with Crippen molar-refractivity contribution >= 4 is 5.91 Å². The van der Waals surface area contributed by atoms with E-state index in [9.17, 15) is 4.79 Å². The predicted molar refractivity (Wildman–Crippen MR) is 53.3 cm³/mol. The van der Waals surface area contributed by atoms with Gasteiger partial charge < -0.3 is 11.1 Å². The number of primary amides is 1. The number of rotatable bonds is 4. The lowest BCUT2D eigenvalue weighted by Gasteiger charge is -2.33. The molecule has 1 saturated carbocycles. The van der Waals surface area contributed by atoms with E-state index < -0.39 is 0 Å². The first kappa shape index (κ1) is 10.5. The zero-order valence-electron chi connectivity index (χ0n) is 8.44. The topological polar surface area (TPSA) is 55.1 Å². The third kappa shape index (κ3) is 3.77. The Morgan fingerprint density at radius 3 is 2.54 bits per heavy atom. The molecule has 0 bridgehead atoms. The molecule has 0 saturated heterocycles. The number of carbonyl (C=O) groups is 1. The van der Waals surface area contributed by atoms with Crippen LogP contribution in [0.25, 0.3) is 0 Å². The minimum atomic E-state index is -0.264. The molecule has 0 aromatic heterocycles. The van der Waals surface area contributed by atoms with Crippen molar-refractivity contribution < 1.29 is 4.79 Å². The molecule has 76 valence electrons. The Morgan fingerprint density at radius 1 is 1.38 bits per heavy atom. The summed E-state index contributed by atoms with van der Waals surface area (Å²) in [5.41, 5.74) is 5.45. The molecule has 1 amide bonds. The molecule has 0 aliphatic heterocycles. The molecule has 1 aliphatic rings. The average molecular weight is 184 g/mol. The molecule has 3 heteroatoms. The molecule has 0 radical (unpaired) electrons. The minimum absolute atomic E-state index is 0.264. The Morgan fingerprint density at radius 2 is 2.00 bits per heavy atom. The fourth-order valence-corrected chi connectivity index (χ4v) is 2.07. The van der Waals surface area contributed by atoms with Crippen LogP contribution in [0.5, 0.6) is 0 Å². The SMILES string of the molecule is CC1(CNCC(N)=O)CCCCC1. The molecule has 0 aromatic rings. The first-order valence-electron chi connectivity index (χ1n) is 5.11. The third-order valence-corrected chi connectivity index (χ3v) is 2.91. The first-order valence-corrected chi connectivity index (χ1v) is 5.11. The smallest absolute Gasteiger partial charge is 0.231 e. The molecular formula is C10H20N2O. The van der Waals surface area contributed by atoms with Gasteiger partial charge in [0.05, 0.1) is 6.54 Å². The maximum Gasteiger partial charge on any atom is 0.231 e. The highest BCUT2D eigenvalue weighted by atomic mass is 16.1. The van der Waals surface area contributed by atoms with E-state index in [4.69, 9.17) is 5.73 Å². The van der Waals surface area contributed by atoms with E-state index in [0.717, 1.165) is 6.54 Å². The molecule has 3 nitrogen and oxygen atoms in total. The van der Waals surface area contributed by atoms with Crippen molar-refractivity contribution in [2.24, 2.45) is 11.1 Å². The van der Waals surface area contributed by atoms with Crippen molar-refractivity contribution in [3.05, 3.63) is 0 Å². The van der Waals surface area contributed by atoms with Crippen LogP contribution < -0.4 is 11.1 Å². The lowest BCUT2D eigenvalue weighted by molar-refractivity contribution is -0.117. The standard InChI is InChI=1S/C10H20N2O/c1-10(5-3-2-4-6-10)8-12-7-9(11)13/h12H,2-8H2,1H3,(H2,11,13). The molecule has 13 heavy (non-hydrogen) atoms. The highest BCUT2D eigenvalue weighted by molar-refractivity contribution is 5.75. The van der Waals surface area contributed by atoms with Crippen LogP contribution in [0.2, 0.25) is 0 Å². The van der Waals surface area contributed by atoms with Crippen molar-refractivity contribution in [2.75, 3.05) is 13.1 Å². The van der Waals surface area contributed by atoms with Crippen LogP contribution in [0.3, 0.4) is 0 Å². The van der Waals surface area contributed by atoms with Crippen molar-refractivity contribution in [2.45, 2.75) is 39.0 Å². The van der Waals surface area contributed by atoms with Crippen molar-refractivity contribution in [3.8, 4) is 0 Å². The van der Waals surface area contributed by atoms with Gasteiger partial charge in [-0.1, -0.05) is 26.2 Å². The number of amides is 1. The fraction of sp³-hybridized carbons (Fsp3) is 0.900. The van der Waals surface area contributed by atoms with E-state index in [1.807, 2.05) is 0 Å². The molecule has 0 atom stereocenters. The van der Waals surface area contributed by atoms with Crippen LogP contribution in [0.4, 0.5) is 0 Å². The molecule has 1 rings (SSSR count). The summed E-state index contributed by atoms with van der Waals surface area (Å²) in [5.74, 6) is -0.264.